The van der Waals surface area contributed by atoms with Gasteiger partial charge in [0.15, 0.2) is 5.03 Å². The average molecular weight is 342 g/mol. The number of nitrogens with zero attached hydrogens (tertiary/aromatic N) is 3. The molecule has 0 aliphatic heterocycles. The Morgan fingerprint density at radius 3 is 2.62 bits per heavy atom. The van der Waals surface area contributed by atoms with Gasteiger partial charge in [0.05, 0.1) is 5.69 Å². The van der Waals surface area contributed by atoms with E-state index in [1.54, 1.807) is 24.3 Å². The van der Waals surface area contributed by atoms with Gasteiger partial charge in [0.2, 0.25) is 0 Å². The second kappa shape index (κ2) is 6.25. The van der Waals surface area contributed by atoms with Crippen molar-refractivity contribution in [2.24, 2.45) is 0 Å². The number of hydrogen-bond acceptors (Lipinski definition) is 5. The van der Waals surface area contributed by atoms with Crippen LogP contribution in [-0.2, 0) is 10.0 Å². The molecule has 0 aliphatic carbocycles. The van der Waals surface area contributed by atoms with E-state index in [-0.39, 0.29) is 10.7 Å². The summed E-state index contributed by atoms with van der Waals surface area (Å²) in [6, 6.07) is 9.57. The van der Waals surface area contributed by atoms with E-state index in [9.17, 15) is 13.2 Å². The van der Waals surface area contributed by atoms with E-state index in [0.717, 1.165) is 9.54 Å². The van der Waals surface area contributed by atoms with Crippen molar-refractivity contribution < 1.29 is 13.2 Å². The zero-order chi connectivity index (χ0) is 17.2. The summed E-state index contributed by atoms with van der Waals surface area (Å²) in [5.74, 6) is -0.417. The Hall–Kier alpha value is -3.00. The fraction of sp³-hybridized carbons (Fsp3) is 0.0625. The molecular weight excluding hydrogens is 328 g/mol. The number of amides is 1. The summed E-state index contributed by atoms with van der Waals surface area (Å²) in [4.78, 5) is 19.9. The van der Waals surface area contributed by atoms with Crippen LogP contribution in [0, 0.1) is 6.92 Å². The third kappa shape index (κ3) is 3.18. The molecule has 0 aromatic carbocycles. The van der Waals surface area contributed by atoms with E-state index in [1.807, 2.05) is 6.92 Å². The second-order valence-corrected chi connectivity index (χ2v) is 6.87. The standard InChI is InChI=1S/C16H14N4O3S/c1-12-5-6-15(18-10-12)24(22,23)20-9-7-13(11-20)19-16(21)14-4-2-3-8-17-14/h2-11H,1H3,(H,19,21). The molecular formula is C16H14N4O3S. The third-order valence-electron chi connectivity index (χ3n) is 3.25. The van der Waals surface area contributed by atoms with Crippen LogP contribution in [0.25, 0.3) is 0 Å². The first-order valence-electron chi connectivity index (χ1n) is 7.05. The Morgan fingerprint density at radius 2 is 1.96 bits per heavy atom. The Balaban J connectivity index is 1.83. The van der Waals surface area contributed by atoms with Gasteiger partial charge >= 0.3 is 0 Å². The van der Waals surface area contributed by atoms with Gasteiger partial charge in [-0.05, 0) is 36.8 Å². The van der Waals surface area contributed by atoms with Crippen molar-refractivity contribution in [1.82, 2.24) is 13.9 Å². The summed E-state index contributed by atoms with van der Waals surface area (Å²) >= 11 is 0. The quantitative estimate of drug-likeness (QED) is 0.783. The highest BCUT2D eigenvalue weighted by atomic mass is 32.2. The maximum atomic E-state index is 12.5. The third-order valence-corrected chi connectivity index (χ3v) is 4.80. The average Bonchev–Trinajstić information content (AvgIpc) is 3.05. The Kier molecular flexibility index (Phi) is 4.13. The number of pyridine rings is 2. The SMILES string of the molecule is Cc1ccc(S(=O)(=O)n2ccc(NC(=O)c3ccccn3)c2)nc1. The first-order valence-corrected chi connectivity index (χ1v) is 8.49. The number of aryl methyl sites for hydroxylation is 1. The highest BCUT2D eigenvalue weighted by molar-refractivity contribution is 7.89. The van der Waals surface area contributed by atoms with Crippen LogP contribution in [-0.4, -0.2) is 28.3 Å². The lowest BCUT2D eigenvalue weighted by Gasteiger charge is -2.05. The van der Waals surface area contributed by atoms with Crippen LogP contribution in [0.5, 0.6) is 0 Å². The minimum absolute atomic E-state index is 0.0636. The molecule has 1 N–H and O–H groups in total. The zero-order valence-corrected chi connectivity index (χ0v) is 13.6. The molecule has 0 saturated carbocycles. The molecule has 0 saturated heterocycles. The summed E-state index contributed by atoms with van der Waals surface area (Å²) in [6.45, 7) is 1.82. The van der Waals surface area contributed by atoms with E-state index in [4.69, 9.17) is 0 Å². The molecule has 3 aromatic rings. The van der Waals surface area contributed by atoms with Crippen molar-refractivity contribution >= 4 is 21.6 Å². The van der Waals surface area contributed by atoms with Crippen molar-refractivity contribution in [3.63, 3.8) is 0 Å². The topological polar surface area (TPSA) is 94.0 Å². The molecule has 8 heteroatoms. The first-order chi connectivity index (χ1) is 11.5. The van der Waals surface area contributed by atoms with Crippen molar-refractivity contribution in [3.05, 3.63) is 72.4 Å². The summed E-state index contributed by atoms with van der Waals surface area (Å²) in [6.07, 6.45) is 5.66. The number of nitrogens with one attached hydrogen (secondary N) is 1. The largest absolute Gasteiger partial charge is 0.319 e. The highest BCUT2D eigenvalue weighted by Crippen LogP contribution is 2.16. The Bertz CT molecular complexity index is 964. The van der Waals surface area contributed by atoms with Crippen LogP contribution >= 0.6 is 0 Å². The smallest absolute Gasteiger partial charge is 0.285 e. The van der Waals surface area contributed by atoms with Gasteiger partial charge in [-0.15, -0.1) is 0 Å². The molecule has 1 amide bonds. The van der Waals surface area contributed by atoms with Gasteiger partial charge in [0, 0.05) is 24.8 Å². The minimum Gasteiger partial charge on any atom is -0.319 e. The van der Waals surface area contributed by atoms with E-state index >= 15 is 0 Å². The van der Waals surface area contributed by atoms with E-state index in [1.165, 1.54) is 36.9 Å². The molecule has 122 valence electrons. The van der Waals surface area contributed by atoms with Crippen molar-refractivity contribution in [3.8, 4) is 0 Å². The molecule has 3 rings (SSSR count). The van der Waals surface area contributed by atoms with E-state index in [2.05, 4.69) is 15.3 Å². The number of carbonyl (C=O) groups is 1. The van der Waals surface area contributed by atoms with Crippen LogP contribution in [0.1, 0.15) is 16.1 Å². The summed E-state index contributed by atoms with van der Waals surface area (Å²) in [5.41, 5.74) is 1.46. The number of rotatable bonds is 4. The fourth-order valence-electron chi connectivity index (χ4n) is 2.01. The summed E-state index contributed by atoms with van der Waals surface area (Å²) in [7, 11) is -3.80. The van der Waals surface area contributed by atoms with Gasteiger partial charge in [-0.1, -0.05) is 12.1 Å². The monoisotopic (exact) mass is 342 g/mol. The van der Waals surface area contributed by atoms with Gasteiger partial charge in [-0.3, -0.25) is 9.78 Å². The maximum Gasteiger partial charge on any atom is 0.285 e. The van der Waals surface area contributed by atoms with Crippen molar-refractivity contribution in [2.45, 2.75) is 11.9 Å². The van der Waals surface area contributed by atoms with Crippen molar-refractivity contribution in [2.75, 3.05) is 5.32 Å². The lowest BCUT2D eigenvalue weighted by molar-refractivity contribution is 0.102. The van der Waals surface area contributed by atoms with E-state index in [0.29, 0.717) is 5.69 Å². The second-order valence-electron chi connectivity index (χ2n) is 5.08. The number of carbonyl (C=O) groups excluding carboxylic acids is 1. The lowest BCUT2D eigenvalue weighted by Crippen LogP contribution is -2.14. The Labute approximate surface area is 139 Å². The fourth-order valence-corrected chi connectivity index (χ4v) is 3.12. The van der Waals surface area contributed by atoms with Gasteiger partial charge < -0.3 is 5.32 Å². The molecule has 7 nitrogen and oxygen atoms in total. The van der Waals surface area contributed by atoms with Gasteiger partial charge in [-0.25, -0.2) is 8.96 Å². The molecule has 3 aromatic heterocycles. The molecule has 0 spiro atoms. The lowest BCUT2D eigenvalue weighted by atomic mass is 10.3. The molecule has 0 fully saturated rings. The molecule has 0 aliphatic rings. The molecule has 0 radical (unpaired) electrons. The van der Waals surface area contributed by atoms with Gasteiger partial charge in [0.25, 0.3) is 15.9 Å². The molecule has 0 unspecified atom stereocenters. The molecule has 0 atom stereocenters. The molecule has 0 bridgehead atoms. The summed E-state index contributed by atoms with van der Waals surface area (Å²) < 4.78 is 26.0. The number of aromatic nitrogens is 3. The van der Waals surface area contributed by atoms with Crippen LogP contribution < -0.4 is 5.32 Å². The normalized spacial score (nSPS) is 11.2. The van der Waals surface area contributed by atoms with Gasteiger partial charge in [-0.2, -0.15) is 8.42 Å². The predicted octanol–water partition coefficient (Wildman–Crippen LogP) is 2.08. The Morgan fingerprint density at radius 1 is 1.12 bits per heavy atom. The van der Waals surface area contributed by atoms with Crippen LogP contribution in [0.3, 0.4) is 0 Å². The maximum absolute atomic E-state index is 12.5. The van der Waals surface area contributed by atoms with Crippen LogP contribution in [0.15, 0.2) is 66.2 Å². The van der Waals surface area contributed by atoms with E-state index < -0.39 is 15.9 Å². The number of hydrogen-bond donors (Lipinski definition) is 1. The minimum atomic E-state index is -3.80. The van der Waals surface area contributed by atoms with Crippen LogP contribution in [0.4, 0.5) is 5.69 Å². The molecule has 24 heavy (non-hydrogen) atoms. The first kappa shape index (κ1) is 15.9. The zero-order valence-electron chi connectivity index (χ0n) is 12.7. The van der Waals surface area contributed by atoms with Crippen molar-refractivity contribution in [1.29, 1.82) is 0 Å². The van der Waals surface area contributed by atoms with Gasteiger partial charge in [0.1, 0.15) is 5.69 Å². The summed E-state index contributed by atoms with van der Waals surface area (Å²) in [5, 5.41) is 2.54. The molecule has 3 heterocycles. The van der Waals surface area contributed by atoms with Crippen LogP contribution in [0.2, 0.25) is 0 Å². The predicted molar refractivity (Wildman–Crippen MR) is 88.2 cm³/mol. The number of anilines is 1. The highest BCUT2D eigenvalue weighted by Gasteiger charge is 2.18.